The van der Waals surface area contributed by atoms with E-state index in [4.69, 9.17) is 15.2 Å². The number of amidine groups is 1. The number of fused-ring (bicyclic) bond motifs is 2. The number of nitrogens with two attached hydrogens (primary N) is 1. The van der Waals surface area contributed by atoms with Gasteiger partial charge in [0.05, 0.1) is 0 Å². The fourth-order valence-electron chi connectivity index (χ4n) is 3.48. The number of benzene rings is 1. The topological polar surface area (TPSA) is 85.9 Å². The first-order chi connectivity index (χ1) is 12.2. The highest BCUT2D eigenvalue weighted by molar-refractivity contribution is 5.81. The van der Waals surface area contributed by atoms with Crippen molar-refractivity contribution in [3.8, 4) is 5.75 Å². The molecular formula is C20H29N3O3. The van der Waals surface area contributed by atoms with E-state index in [9.17, 15) is 4.79 Å². The summed E-state index contributed by atoms with van der Waals surface area (Å²) in [7, 11) is 0. The van der Waals surface area contributed by atoms with Gasteiger partial charge in [0.25, 0.3) is 6.02 Å². The molecule has 0 bridgehead atoms. The minimum absolute atomic E-state index is 0.0112. The quantitative estimate of drug-likeness (QED) is 0.865. The highest BCUT2D eigenvalue weighted by Gasteiger charge is 2.45. The van der Waals surface area contributed by atoms with Crippen LogP contribution in [0.2, 0.25) is 0 Å². The number of hydrogen-bond acceptors (Lipinski definition) is 5. The summed E-state index contributed by atoms with van der Waals surface area (Å²) in [5.41, 5.74) is 5.99. The highest BCUT2D eigenvalue weighted by atomic mass is 16.5. The monoisotopic (exact) mass is 359 g/mol. The zero-order chi connectivity index (χ0) is 18.9. The Hall–Kier alpha value is -2.24. The molecule has 2 aliphatic rings. The SMILES string of the molecule is CC(CC[C@H]1CC2(COC(N)=N2)c2ccccc2O1)NC(=O)C(C)(C)C. The third-order valence-electron chi connectivity index (χ3n) is 5.01. The Labute approximate surface area is 155 Å². The lowest BCUT2D eigenvalue weighted by molar-refractivity contribution is -0.129. The maximum Gasteiger partial charge on any atom is 0.283 e. The number of aliphatic imine (C=N–C) groups is 1. The van der Waals surface area contributed by atoms with Crippen molar-refractivity contribution in [1.82, 2.24) is 5.32 Å². The van der Waals surface area contributed by atoms with Crippen LogP contribution in [0.3, 0.4) is 0 Å². The van der Waals surface area contributed by atoms with E-state index in [0.717, 1.165) is 30.6 Å². The van der Waals surface area contributed by atoms with Gasteiger partial charge in [0.1, 0.15) is 24.0 Å². The van der Waals surface area contributed by atoms with Gasteiger partial charge in [-0.2, -0.15) is 0 Å². The Bertz CT molecular complexity index is 710. The molecule has 142 valence electrons. The van der Waals surface area contributed by atoms with Gasteiger partial charge in [0, 0.05) is 23.4 Å². The molecule has 2 unspecified atom stereocenters. The zero-order valence-corrected chi connectivity index (χ0v) is 16.0. The minimum Gasteiger partial charge on any atom is -0.490 e. The van der Waals surface area contributed by atoms with Gasteiger partial charge in [-0.1, -0.05) is 39.0 Å². The van der Waals surface area contributed by atoms with Gasteiger partial charge >= 0.3 is 0 Å². The number of hydrogen-bond donors (Lipinski definition) is 2. The Morgan fingerprint density at radius 1 is 1.42 bits per heavy atom. The van der Waals surface area contributed by atoms with Gasteiger partial charge in [-0.15, -0.1) is 0 Å². The Morgan fingerprint density at radius 2 is 2.15 bits per heavy atom. The largest absolute Gasteiger partial charge is 0.490 e. The first-order valence-corrected chi connectivity index (χ1v) is 9.25. The second-order valence-electron chi connectivity index (χ2n) is 8.41. The molecule has 0 fully saturated rings. The summed E-state index contributed by atoms with van der Waals surface area (Å²) in [6.45, 7) is 8.24. The van der Waals surface area contributed by atoms with Crippen molar-refractivity contribution in [3.63, 3.8) is 0 Å². The van der Waals surface area contributed by atoms with Crippen LogP contribution < -0.4 is 15.8 Å². The zero-order valence-electron chi connectivity index (χ0n) is 16.0. The molecule has 26 heavy (non-hydrogen) atoms. The Balaban J connectivity index is 1.67. The summed E-state index contributed by atoms with van der Waals surface area (Å²) in [5, 5.41) is 3.08. The molecule has 6 heteroatoms. The summed E-state index contributed by atoms with van der Waals surface area (Å²) >= 11 is 0. The van der Waals surface area contributed by atoms with Crippen LogP contribution in [0.1, 0.15) is 52.5 Å². The van der Waals surface area contributed by atoms with Crippen LogP contribution in [0.5, 0.6) is 5.75 Å². The lowest BCUT2D eigenvalue weighted by atomic mass is 9.82. The van der Waals surface area contributed by atoms with E-state index in [1.54, 1.807) is 0 Å². The van der Waals surface area contributed by atoms with Crippen LogP contribution >= 0.6 is 0 Å². The molecule has 1 spiro atoms. The first kappa shape index (κ1) is 18.5. The van der Waals surface area contributed by atoms with Crippen molar-refractivity contribution in [1.29, 1.82) is 0 Å². The summed E-state index contributed by atoms with van der Waals surface area (Å²) in [4.78, 5) is 16.7. The average molecular weight is 359 g/mol. The number of nitrogens with one attached hydrogen (secondary N) is 1. The Kier molecular flexibility index (Phi) is 4.86. The maximum absolute atomic E-state index is 12.1. The standard InChI is InChI=1S/C20H29N3O3/c1-13(22-17(24)19(2,3)4)9-10-14-11-20(12-25-18(21)23-20)15-7-5-6-8-16(15)26-14/h5-8,13-14H,9-12H2,1-4H3,(H2,21,23)(H,22,24)/t13?,14-,20?/m0/s1. The third kappa shape index (κ3) is 3.79. The predicted octanol–water partition coefficient (Wildman–Crippen LogP) is 2.71. The molecule has 3 rings (SSSR count). The Morgan fingerprint density at radius 3 is 2.81 bits per heavy atom. The predicted molar refractivity (Wildman–Crippen MR) is 101 cm³/mol. The summed E-state index contributed by atoms with van der Waals surface area (Å²) in [5.74, 6) is 0.912. The molecule has 0 saturated carbocycles. The van der Waals surface area contributed by atoms with Gasteiger partial charge in [0.2, 0.25) is 5.91 Å². The lowest BCUT2D eigenvalue weighted by Crippen LogP contribution is -2.42. The smallest absolute Gasteiger partial charge is 0.283 e. The second-order valence-corrected chi connectivity index (χ2v) is 8.41. The van der Waals surface area contributed by atoms with Crippen molar-refractivity contribution in [2.45, 2.75) is 64.6 Å². The van der Waals surface area contributed by atoms with Crippen molar-refractivity contribution in [2.24, 2.45) is 16.1 Å². The summed E-state index contributed by atoms with van der Waals surface area (Å²) in [6, 6.07) is 8.28. The number of nitrogens with zero attached hydrogens (tertiary/aromatic N) is 1. The lowest BCUT2D eigenvalue weighted by Gasteiger charge is -2.37. The van der Waals surface area contributed by atoms with E-state index >= 15 is 0 Å². The molecule has 1 aromatic carbocycles. The molecule has 0 aromatic heterocycles. The molecule has 0 saturated heterocycles. The molecular weight excluding hydrogens is 330 g/mol. The van der Waals surface area contributed by atoms with Crippen LogP contribution in [0.15, 0.2) is 29.3 Å². The number of para-hydroxylation sites is 1. The van der Waals surface area contributed by atoms with E-state index in [1.165, 1.54) is 0 Å². The van der Waals surface area contributed by atoms with Crippen LogP contribution in [0.4, 0.5) is 0 Å². The van der Waals surface area contributed by atoms with Gasteiger partial charge in [0.15, 0.2) is 0 Å². The molecule has 0 aliphatic carbocycles. The molecule has 6 nitrogen and oxygen atoms in total. The van der Waals surface area contributed by atoms with Gasteiger partial charge in [-0.3, -0.25) is 4.79 Å². The van der Waals surface area contributed by atoms with Crippen molar-refractivity contribution < 1.29 is 14.3 Å². The number of carbonyl (C=O) groups excluding carboxylic acids is 1. The fourth-order valence-corrected chi connectivity index (χ4v) is 3.48. The van der Waals surface area contributed by atoms with E-state index < -0.39 is 5.54 Å². The molecule has 1 aromatic rings. The highest BCUT2D eigenvalue weighted by Crippen LogP contribution is 2.45. The maximum atomic E-state index is 12.1. The number of carbonyl (C=O) groups is 1. The van der Waals surface area contributed by atoms with Crippen molar-refractivity contribution in [3.05, 3.63) is 29.8 Å². The summed E-state index contributed by atoms with van der Waals surface area (Å²) < 4.78 is 11.7. The molecule has 3 N–H and O–H groups in total. The molecule has 2 heterocycles. The van der Waals surface area contributed by atoms with Gasteiger partial charge in [-0.25, -0.2) is 4.99 Å². The minimum atomic E-state index is -0.457. The third-order valence-corrected chi connectivity index (χ3v) is 5.01. The second kappa shape index (κ2) is 6.82. The van der Waals surface area contributed by atoms with Crippen molar-refractivity contribution in [2.75, 3.05) is 6.61 Å². The molecule has 2 aliphatic heterocycles. The van der Waals surface area contributed by atoms with E-state index in [-0.39, 0.29) is 29.5 Å². The van der Waals surface area contributed by atoms with E-state index in [1.807, 2.05) is 52.0 Å². The average Bonchev–Trinajstić information content (AvgIpc) is 2.93. The van der Waals surface area contributed by atoms with Crippen LogP contribution in [0.25, 0.3) is 0 Å². The summed E-state index contributed by atoms with van der Waals surface area (Å²) in [6.07, 6.45) is 2.41. The van der Waals surface area contributed by atoms with Crippen LogP contribution in [-0.4, -0.2) is 30.7 Å². The fraction of sp³-hybridized carbons (Fsp3) is 0.600. The van der Waals surface area contributed by atoms with Crippen LogP contribution in [0, 0.1) is 5.41 Å². The number of rotatable bonds is 4. The molecule has 1 amide bonds. The van der Waals surface area contributed by atoms with E-state index in [2.05, 4.69) is 10.3 Å². The normalized spacial score (nSPS) is 25.7. The van der Waals surface area contributed by atoms with Crippen molar-refractivity contribution >= 4 is 11.9 Å². The van der Waals surface area contributed by atoms with Gasteiger partial charge < -0.3 is 20.5 Å². The number of amides is 1. The van der Waals surface area contributed by atoms with Crippen LogP contribution in [-0.2, 0) is 15.1 Å². The molecule has 0 radical (unpaired) electrons. The van der Waals surface area contributed by atoms with E-state index in [0.29, 0.717) is 6.61 Å². The first-order valence-electron chi connectivity index (χ1n) is 9.25. The molecule has 3 atom stereocenters. The van der Waals surface area contributed by atoms with Gasteiger partial charge in [-0.05, 0) is 25.8 Å². The number of ether oxygens (including phenoxy) is 2.